The number of hydrogen-bond donors (Lipinski definition) is 0. The van der Waals surface area contributed by atoms with Gasteiger partial charge in [-0.1, -0.05) is 43.7 Å². The Kier molecular flexibility index (Phi) is 7.34. The lowest BCUT2D eigenvalue weighted by Crippen LogP contribution is -2.15. The van der Waals surface area contributed by atoms with E-state index in [9.17, 15) is 4.79 Å². The molecule has 0 N–H and O–H groups in total. The van der Waals surface area contributed by atoms with E-state index in [4.69, 9.17) is 9.47 Å². The fourth-order valence-electron chi connectivity index (χ4n) is 2.72. The first kappa shape index (κ1) is 18.1. The summed E-state index contributed by atoms with van der Waals surface area (Å²) < 4.78 is 10.9. The van der Waals surface area contributed by atoms with Crippen LogP contribution in [0.5, 0.6) is 5.75 Å². The summed E-state index contributed by atoms with van der Waals surface area (Å²) in [7, 11) is 0. The van der Waals surface area contributed by atoms with Crippen molar-refractivity contribution >= 4 is 5.97 Å². The van der Waals surface area contributed by atoms with Crippen molar-refractivity contribution in [2.45, 2.75) is 33.1 Å². The van der Waals surface area contributed by atoms with Gasteiger partial charge in [-0.2, -0.15) is 0 Å². The largest absolute Gasteiger partial charge is 0.493 e. The summed E-state index contributed by atoms with van der Waals surface area (Å²) in [5, 5.41) is 0. The molecule has 0 aromatic heterocycles. The molecule has 0 bridgehead atoms. The number of esters is 1. The van der Waals surface area contributed by atoms with Crippen LogP contribution in [0, 0.1) is 5.92 Å². The van der Waals surface area contributed by atoms with Gasteiger partial charge in [0.1, 0.15) is 5.75 Å². The van der Waals surface area contributed by atoms with Crippen LogP contribution in [0.1, 0.15) is 42.6 Å². The van der Waals surface area contributed by atoms with Gasteiger partial charge in [0.15, 0.2) is 0 Å². The highest BCUT2D eigenvalue weighted by Gasteiger charge is 2.11. The van der Waals surface area contributed by atoms with Crippen molar-refractivity contribution < 1.29 is 14.3 Å². The third kappa shape index (κ3) is 5.73. The van der Waals surface area contributed by atoms with E-state index in [2.05, 4.69) is 31.2 Å². The summed E-state index contributed by atoms with van der Waals surface area (Å²) in [6, 6.07) is 17.7. The summed E-state index contributed by atoms with van der Waals surface area (Å²) >= 11 is 0. The van der Waals surface area contributed by atoms with E-state index in [-0.39, 0.29) is 5.97 Å². The first-order chi connectivity index (χ1) is 11.7. The minimum absolute atomic E-state index is 0.294. The molecule has 0 aliphatic heterocycles. The van der Waals surface area contributed by atoms with Gasteiger partial charge in [-0.25, -0.2) is 4.79 Å². The van der Waals surface area contributed by atoms with Crippen LogP contribution in [-0.4, -0.2) is 19.2 Å². The molecule has 3 nitrogen and oxygen atoms in total. The molecule has 0 aliphatic rings. The SMILES string of the molecule is CCC[C@@H](COc1ccc(C(=O)OCC)cc1)Cc1ccccc1. The quantitative estimate of drug-likeness (QED) is 0.615. The van der Waals surface area contributed by atoms with Gasteiger partial charge in [0.25, 0.3) is 0 Å². The molecule has 3 heteroatoms. The molecule has 2 aromatic carbocycles. The average molecular weight is 326 g/mol. The average Bonchev–Trinajstić information content (AvgIpc) is 2.61. The van der Waals surface area contributed by atoms with Gasteiger partial charge in [0, 0.05) is 0 Å². The fourth-order valence-corrected chi connectivity index (χ4v) is 2.72. The smallest absolute Gasteiger partial charge is 0.338 e. The second-order valence-corrected chi connectivity index (χ2v) is 5.90. The highest BCUT2D eigenvalue weighted by Crippen LogP contribution is 2.18. The molecule has 0 aliphatic carbocycles. The Labute approximate surface area is 144 Å². The van der Waals surface area contributed by atoms with E-state index in [1.54, 1.807) is 19.1 Å². The van der Waals surface area contributed by atoms with E-state index in [1.807, 2.05) is 18.2 Å². The van der Waals surface area contributed by atoms with Crippen molar-refractivity contribution in [1.29, 1.82) is 0 Å². The van der Waals surface area contributed by atoms with Gasteiger partial charge in [0.2, 0.25) is 0 Å². The van der Waals surface area contributed by atoms with Crippen LogP contribution in [0.25, 0.3) is 0 Å². The number of rotatable bonds is 9. The standard InChI is InChI=1S/C21H26O3/c1-3-8-18(15-17-9-6-5-7-10-17)16-24-20-13-11-19(12-14-20)21(22)23-4-2/h5-7,9-14,18H,3-4,8,15-16H2,1-2H3/t18-/m1/s1. The van der Waals surface area contributed by atoms with Gasteiger partial charge in [-0.15, -0.1) is 0 Å². The van der Waals surface area contributed by atoms with Crippen molar-refractivity contribution in [3.63, 3.8) is 0 Å². The molecule has 1 atom stereocenters. The number of ether oxygens (including phenoxy) is 2. The minimum Gasteiger partial charge on any atom is -0.493 e. The molecule has 0 radical (unpaired) electrons. The molecule has 128 valence electrons. The Bertz CT molecular complexity index is 605. The fraction of sp³-hybridized carbons (Fsp3) is 0.381. The first-order valence-corrected chi connectivity index (χ1v) is 8.66. The van der Waals surface area contributed by atoms with Crippen LogP contribution in [0.15, 0.2) is 54.6 Å². The van der Waals surface area contributed by atoms with Crippen LogP contribution in [0.4, 0.5) is 0 Å². The van der Waals surface area contributed by atoms with Crippen LogP contribution in [-0.2, 0) is 11.2 Å². The minimum atomic E-state index is -0.294. The van der Waals surface area contributed by atoms with E-state index >= 15 is 0 Å². The number of carbonyl (C=O) groups is 1. The monoisotopic (exact) mass is 326 g/mol. The van der Waals surface area contributed by atoms with Crippen molar-refractivity contribution in [1.82, 2.24) is 0 Å². The Morgan fingerprint density at radius 1 is 1.00 bits per heavy atom. The number of carbonyl (C=O) groups excluding carboxylic acids is 1. The molecule has 0 heterocycles. The van der Waals surface area contributed by atoms with Crippen LogP contribution >= 0.6 is 0 Å². The predicted octanol–water partition coefficient (Wildman–Crippen LogP) is 4.90. The third-order valence-corrected chi connectivity index (χ3v) is 3.92. The second-order valence-electron chi connectivity index (χ2n) is 5.90. The van der Waals surface area contributed by atoms with Crippen LogP contribution in [0.3, 0.4) is 0 Å². The maximum atomic E-state index is 11.6. The molecule has 0 fully saturated rings. The van der Waals surface area contributed by atoms with Gasteiger partial charge >= 0.3 is 5.97 Å². The maximum Gasteiger partial charge on any atom is 0.338 e. The summed E-state index contributed by atoms with van der Waals surface area (Å²) in [5.74, 6) is 0.983. The number of benzene rings is 2. The van der Waals surface area contributed by atoms with Gasteiger partial charge in [-0.05, 0) is 55.5 Å². The zero-order chi connectivity index (χ0) is 17.2. The van der Waals surface area contributed by atoms with Crippen molar-refractivity contribution in [2.75, 3.05) is 13.2 Å². The first-order valence-electron chi connectivity index (χ1n) is 8.66. The molecule has 0 spiro atoms. The summed E-state index contributed by atoms with van der Waals surface area (Å²) in [6.07, 6.45) is 3.30. The van der Waals surface area contributed by atoms with Crippen molar-refractivity contribution in [3.05, 3.63) is 65.7 Å². The Morgan fingerprint density at radius 3 is 2.33 bits per heavy atom. The highest BCUT2D eigenvalue weighted by molar-refractivity contribution is 5.89. The lowest BCUT2D eigenvalue weighted by Gasteiger charge is -2.17. The zero-order valence-electron chi connectivity index (χ0n) is 14.5. The van der Waals surface area contributed by atoms with Gasteiger partial charge in [0.05, 0.1) is 18.8 Å². The van der Waals surface area contributed by atoms with E-state index in [1.165, 1.54) is 5.56 Å². The molecular formula is C21H26O3. The molecule has 2 aromatic rings. The maximum absolute atomic E-state index is 11.6. The second kappa shape index (κ2) is 9.76. The predicted molar refractivity (Wildman–Crippen MR) is 96.4 cm³/mol. The molecule has 0 unspecified atom stereocenters. The van der Waals surface area contributed by atoms with Crippen molar-refractivity contribution in [3.8, 4) is 5.75 Å². The summed E-state index contributed by atoms with van der Waals surface area (Å²) in [5.41, 5.74) is 1.90. The van der Waals surface area contributed by atoms with Gasteiger partial charge in [-0.3, -0.25) is 0 Å². The Morgan fingerprint density at radius 2 is 1.71 bits per heavy atom. The Balaban J connectivity index is 1.90. The highest BCUT2D eigenvalue weighted by atomic mass is 16.5. The molecular weight excluding hydrogens is 300 g/mol. The van der Waals surface area contributed by atoms with Crippen LogP contribution in [0.2, 0.25) is 0 Å². The zero-order valence-corrected chi connectivity index (χ0v) is 14.5. The molecule has 0 saturated heterocycles. The van der Waals surface area contributed by atoms with Crippen molar-refractivity contribution in [2.24, 2.45) is 5.92 Å². The lowest BCUT2D eigenvalue weighted by molar-refractivity contribution is 0.0526. The molecule has 2 rings (SSSR count). The van der Waals surface area contributed by atoms with E-state index < -0.39 is 0 Å². The Hall–Kier alpha value is -2.29. The van der Waals surface area contributed by atoms with E-state index in [0.29, 0.717) is 24.7 Å². The van der Waals surface area contributed by atoms with Gasteiger partial charge < -0.3 is 9.47 Å². The topological polar surface area (TPSA) is 35.5 Å². The normalized spacial score (nSPS) is 11.8. The molecule has 0 amide bonds. The summed E-state index contributed by atoms with van der Waals surface area (Å²) in [4.78, 5) is 11.6. The van der Waals surface area contributed by atoms with E-state index in [0.717, 1.165) is 25.0 Å². The summed E-state index contributed by atoms with van der Waals surface area (Å²) in [6.45, 7) is 5.07. The lowest BCUT2D eigenvalue weighted by atomic mass is 9.96. The molecule has 24 heavy (non-hydrogen) atoms. The number of hydrogen-bond acceptors (Lipinski definition) is 3. The third-order valence-electron chi connectivity index (χ3n) is 3.92. The molecule has 0 saturated carbocycles. The van der Waals surface area contributed by atoms with Crippen LogP contribution < -0.4 is 4.74 Å².